The van der Waals surface area contributed by atoms with Crippen molar-refractivity contribution in [1.82, 2.24) is 4.57 Å². The molecular formula is C22H23N3O2. The first-order chi connectivity index (χ1) is 12.8. The number of esters is 1. The molecule has 2 aliphatic rings. The molecule has 0 unspecified atom stereocenters. The number of nitrogens with zero attached hydrogens (tertiary/aromatic N) is 2. The Labute approximate surface area is 159 Å². The number of nitrogens with one attached hydrogen (secondary N) is 1. The Morgan fingerprint density at radius 1 is 1.30 bits per heavy atom. The van der Waals surface area contributed by atoms with Crippen molar-refractivity contribution >= 4 is 11.8 Å². The Balaban J connectivity index is 1.97. The zero-order chi connectivity index (χ0) is 19.3. The molecule has 2 aliphatic heterocycles. The van der Waals surface area contributed by atoms with E-state index in [0.29, 0.717) is 11.1 Å². The molecule has 0 radical (unpaired) electrons. The highest BCUT2D eigenvalue weighted by molar-refractivity contribution is 5.97. The maximum Gasteiger partial charge on any atom is 0.337 e. The van der Waals surface area contributed by atoms with Gasteiger partial charge in [0.15, 0.2) is 0 Å². The van der Waals surface area contributed by atoms with Crippen LogP contribution in [0, 0.1) is 11.3 Å². The van der Waals surface area contributed by atoms with Gasteiger partial charge >= 0.3 is 5.97 Å². The number of anilines is 1. The van der Waals surface area contributed by atoms with E-state index >= 15 is 0 Å². The number of carbonyl (C=O) groups excluding carboxylic acids is 1. The second kappa shape index (κ2) is 6.02. The van der Waals surface area contributed by atoms with Crippen molar-refractivity contribution in [2.75, 3.05) is 11.9 Å². The molecule has 138 valence electrons. The van der Waals surface area contributed by atoms with Crippen LogP contribution in [0.3, 0.4) is 0 Å². The molecule has 0 bridgehead atoms. The molecule has 1 aromatic heterocycles. The molecule has 0 saturated carbocycles. The molecule has 1 aromatic carbocycles. The summed E-state index contributed by atoms with van der Waals surface area (Å²) in [5.41, 5.74) is 4.90. The number of cyclic esters (lactones) is 1. The lowest BCUT2D eigenvalue weighted by Crippen LogP contribution is -2.26. The molecule has 1 atom stereocenters. The summed E-state index contributed by atoms with van der Waals surface area (Å²) < 4.78 is 7.41. The normalized spacial score (nSPS) is 18.5. The van der Waals surface area contributed by atoms with Crippen LogP contribution in [0.15, 0.2) is 41.7 Å². The standard InChI is InChI=1S/C22H23N3O2/c1-5-13-6-8-14(9-7-13)17-18-15(10-23)11-25(22(2,3)4)20(18)24-16-12-27-21(26)19(16)17/h6-9,11,17,24H,5,12H2,1-4H3/t17-/m1/s1. The summed E-state index contributed by atoms with van der Waals surface area (Å²) in [6.45, 7) is 8.66. The Morgan fingerprint density at radius 2 is 2.00 bits per heavy atom. The van der Waals surface area contributed by atoms with Crippen molar-refractivity contribution in [3.8, 4) is 6.07 Å². The van der Waals surface area contributed by atoms with Crippen molar-refractivity contribution in [2.24, 2.45) is 0 Å². The Bertz CT molecular complexity index is 998. The maximum atomic E-state index is 12.5. The summed E-state index contributed by atoms with van der Waals surface area (Å²) in [5.74, 6) is 0.274. The van der Waals surface area contributed by atoms with E-state index in [4.69, 9.17) is 4.74 Å². The Hall–Kier alpha value is -3.00. The summed E-state index contributed by atoms with van der Waals surface area (Å²) in [4.78, 5) is 12.5. The number of hydrogen-bond donors (Lipinski definition) is 1. The minimum atomic E-state index is -0.305. The fourth-order valence-corrected chi connectivity index (χ4v) is 3.94. The SMILES string of the molecule is CCc1ccc([C@H]2C3=C(COC3=O)Nc3c2c(C#N)cn3C(C)(C)C)cc1. The number of aryl methyl sites for hydroxylation is 1. The van der Waals surface area contributed by atoms with Crippen molar-refractivity contribution in [3.63, 3.8) is 0 Å². The molecule has 0 spiro atoms. The average Bonchev–Trinajstić information content (AvgIpc) is 3.21. The van der Waals surface area contributed by atoms with E-state index in [1.54, 1.807) is 0 Å². The molecule has 3 heterocycles. The minimum absolute atomic E-state index is 0.204. The summed E-state index contributed by atoms with van der Waals surface area (Å²) >= 11 is 0. The fourth-order valence-electron chi connectivity index (χ4n) is 3.94. The molecule has 2 aromatic rings. The van der Waals surface area contributed by atoms with Gasteiger partial charge in [-0.05, 0) is 38.3 Å². The molecule has 0 fully saturated rings. The van der Waals surface area contributed by atoms with Crippen molar-refractivity contribution < 1.29 is 9.53 Å². The second-order valence-electron chi connectivity index (χ2n) is 8.08. The van der Waals surface area contributed by atoms with Gasteiger partial charge in [0.2, 0.25) is 0 Å². The summed E-state index contributed by atoms with van der Waals surface area (Å²) in [7, 11) is 0. The summed E-state index contributed by atoms with van der Waals surface area (Å²) in [6, 6.07) is 10.6. The van der Waals surface area contributed by atoms with E-state index in [1.165, 1.54) is 5.56 Å². The third-order valence-corrected chi connectivity index (χ3v) is 5.35. The summed E-state index contributed by atoms with van der Waals surface area (Å²) in [5, 5.41) is 13.2. The summed E-state index contributed by atoms with van der Waals surface area (Å²) in [6.07, 6.45) is 2.84. The number of hydrogen-bond acceptors (Lipinski definition) is 4. The third kappa shape index (κ3) is 2.64. The molecule has 1 N–H and O–H groups in total. The number of rotatable bonds is 2. The van der Waals surface area contributed by atoms with Crippen molar-refractivity contribution in [3.05, 3.63) is 64.0 Å². The molecule has 0 saturated heterocycles. The Morgan fingerprint density at radius 3 is 2.59 bits per heavy atom. The zero-order valence-electron chi connectivity index (χ0n) is 16.1. The largest absolute Gasteiger partial charge is 0.456 e. The predicted octanol–water partition coefficient (Wildman–Crippen LogP) is 4.05. The maximum absolute atomic E-state index is 12.5. The lowest BCUT2D eigenvalue weighted by atomic mass is 9.81. The first kappa shape index (κ1) is 17.4. The smallest absolute Gasteiger partial charge is 0.337 e. The van der Waals surface area contributed by atoms with Gasteiger partial charge in [-0.2, -0.15) is 5.26 Å². The van der Waals surface area contributed by atoms with Gasteiger partial charge in [-0.3, -0.25) is 0 Å². The van der Waals surface area contributed by atoms with Crippen molar-refractivity contribution in [1.29, 1.82) is 5.26 Å². The van der Waals surface area contributed by atoms with Crippen LogP contribution in [0.2, 0.25) is 0 Å². The van der Waals surface area contributed by atoms with Gasteiger partial charge in [-0.25, -0.2) is 4.79 Å². The van der Waals surface area contributed by atoms with Crippen LogP contribution in [0.4, 0.5) is 5.82 Å². The Kier molecular flexibility index (Phi) is 3.88. The van der Waals surface area contributed by atoms with Gasteiger partial charge in [0.25, 0.3) is 0 Å². The topological polar surface area (TPSA) is 67.0 Å². The highest BCUT2D eigenvalue weighted by Gasteiger charge is 2.42. The number of carbonyl (C=O) groups is 1. The first-order valence-corrected chi connectivity index (χ1v) is 9.27. The van der Waals surface area contributed by atoms with Gasteiger partial charge in [0.05, 0.1) is 16.8 Å². The van der Waals surface area contributed by atoms with Gasteiger partial charge < -0.3 is 14.6 Å². The number of nitriles is 1. The molecular weight excluding hydrogens is 338 g/mol. The molecule has 0 amide bonds. The van der Waals surface area contributed by atoms with Crippen molar-refractivity contribution in [2.45, 2.75) is 45.6 Å². The van der Waals surface area contributed by atoms with Gasteiger partial charge in [-0.1, -0.05) is 31.2 Å². The van der Waals surface area contributed by atoms with Gasteiger partial charge in [0, 0.05) is 23.2 Å². The van der Waals surface area contributed by atoms with Crippen LogP contribution in [0.25, 0.3) is 0 Å². The van der Waals surface area contributed by atoms with Crippen LogP contribution >= 0.6 is 0 Å². The molecule has 4 rings (SSSR count). The minimum Gasteiger partial charge on any atom is -0.456 e. The van der Waals surface area contributed by atoms with E-state index < -0.39 is 0 Å². The zero-order valence-corrected chi connectivity index (χ0v) is 16.1. The lowest BCUT2D eigenvalue weighted by Gasteiger charge is -2.30. The van der Waals surface area contributed by atoms with Crippen LogP contribution in [-0.2, 0) is 21.5 Å². The predicted molar refractivity (Wildman–Crippen MR) is 103 cm³/mol. The molecule has 0 aliphatic carbocycles. The second-order valence-corrected chi connectivity index (χ2v) is 8.08. The molecule has 5 heteroatoms. The van der Waals surface area contributed by atoms with E-state index in [0.717, 1.165) is 29.1 Å². The number of fused-ring (bicyclic) bond motifs is 1. The lowest BCUT2D eigenvalue weighted by molar-refractivity contribution is -0.136. The fraction of sp³-hybridized carbons (Fsp3) is 0.364. The molecule has 5 nitrogen and oxygen atoms in total. The van der Waals surface area contributed by atoms with E-state index in [9.17, 15) is 10.1 Å². The van der Waals surface area contributed by atoms with Crippen LogP contribution < -0.4 is 5.32 Å². The van der Waals surface area contributed by atoms with Gasteiger partial charge in [0.1, 0.15) is 18.5 Å². The van der Waals surface area contributed by atoms with Crippen LogP contribution in [0.1, 0.15) is 55.9 Å². The van der Waals surface area contributed by atoms with Gasteiger partial charge in [-0.15, -0.1) is 0 Å². The van der Waals surface area contributed by atoms with Crippen LogP contribution in [0.5, 0.6) is 0 Å². The highest BCUT2D eigenvalue weighted by Crippen LogP contribution is 2.47. The number of ether oxygens (including phenoxy) is 1. The third-order valence-electron chi connectivity index (χ3n) is 5.35. The average molecular weight is 361 g/mol. The monoisotopic (exact) mass is 361 g/mol. The quantitative estimate of drug-likeness (QED) is 0.820. The van der Waals surface area contributed by atoms with E-state index in [-0.39, 0.29) is 24.0 Å². The number of aromatic nitrogens is 1. The number of benzene rings is 1. The highest BCUT2D eigenvalue weighted by atomic mass is 16.5. The first-order valence-electron chi connectivity index (χ1n) is 9.27. The van der Waals surface area contributed by atoms with E-state index in [1.807, 2.05) is 6.20 Å². The van der Waals surface area contributed by atoms with E-state index in [2.05, 4.69) is 67.9 Å². The molecule has 27 heavy (non-hydrogen) atoms. The van der Waals surface area contributed by atoms with Crippen LogP contribution in [-0.4, -0.2) is 17.1 Å².